The first-order chi connectivity index (χ1) is 7.81. The van der Waals surface area contributed by atoms with Gasteiger partial charge in [0.15, 0.2) is 0 Å². The molecule has 0 atom stereocenters. The van der Waals surface area contributed by atoms with E-state index in [9.17, 15) is 9.59 Å². The first-order valence-electron chi connectivity index (χ1n) is 5.33. The summed E-state index contributed by atoms with van der Waals surface area (Å²) >= 11 is 0. The third-order valence-corrected chi connectivity index (χ3v) is 2.39. The molecule has 0 aliphatic carbocycles. The minimum absolute atomic E-state index is 0.252. The number of hydrogen-bond donors (Lipinski definition) is 2. The van der Waals surface area contributed by atoms with E-state index in [4.69, 9.17) is 5.11 Å². The SMILES string of the molecule is Cn1cc(CCC(=O)NC(C)(C)C(=O)O)cn1. The van der Waals surface area contributed by atoms with Crippen molar-refractivity contribution in [3.8, 4) is 0 Å². The Bertz CT molecular complexity index is 423. The second-order valence-electron chi connectivity index (χ2n) is 4.50. The number of carbonyl (C=O) groups is 2. The van der Waals surface area contributed by atoms with E-state index < -0.39 is 11.5 Å². The fourth-order valence-electron chi connectivity index (χ4n) is 1.32. The van der Waals surface area contributed by atoms with E-state index >= 15 is 0 Å². The second kappa shape index (κ2) is 4.99. The molecule has 0 aromatic carbocycles. The van der Waals surface area contributed by atoms with Crippen LogP contribution in [0.4, 0.5) is 0 Å². The normalized spacial score (nSPS) is 11.2. The number of amides is 1. The number of carboxylic acids is 1. The van der Waals surface area contributed by atoms with E-state index in [1.807, 2.05) is 6.20 Å². The van der Waals surface area contributed by atoms with E-state index in [0.29, 0.717) is 6.42 Å². The quantitative estimate of drug-likeness (QED) is 0.775. The third-order valence-electron chi connectivity index (χ3n) is 2.39. The summed E-state index contributed by atoms with van der Waals surface area (Å²) < 4.78 is 1.66. The van der Waals surface area contributed by atoms with Crippen LogP contribution >= 0.6 is 0 Å². The monoisotopic (exact) mass is 239 g/mol. The molecule has 0 saturated carbocycles. The van der Waals surface area contributed by atoms with E-state index in [0.717, 1.165) is 5.56 Å². The summed E-state index contributed by atoms with van der Waals surface area (Å²) in [4.78, 5) is 22.3. The molecule has 1 aromatic heterocycles. The maximum absolute atomic E-state index is 11.5. The maximum atomic E-state index is 11.5. The number of hydrogen-bond acceptors (Lipinski definition) is 3. The summed E-state index contributed by atoms with van der Waals surface area (Å²) in [7, 11) is 1.80. The van der Waals surface area contributed by atoms with E-state index in [2.05, 4.69) is 10.4 Å². The molecular formula is C11H17N3O3. The number of rotatable bonds is 5. The summed E-state index contributed by atoms with van der Waals surface area (Å²) in [5.74, 6) is -1.33. The van der Waals surface area contributed by atoms with Crippen LogP contribution in [0.25, 0.3) is 0 Å². The zero-order valence-electron chi connectivity index (χ0n) is 10.2. The van der Waals surface area contributed by atoms with Crippen LogP contribution in [0.2, 0.25) is 0 Å². The average molecular weight is 239 g/mol. The van der Waals surface area contributed by atoms with E-state index in [1.54, 1.807) is 17.9 Å². The van der Waals surface area contributed by atoms with Crippen molar-refractivity contribution in [1.82, 2.24) is 15.1 Å². The highest BCUT2D eigenvalue weighted by molar-refractivity contribution is 5.86. The number of aryl methyl sites for hydroxylation is 2. The molecule has 0 radical (unpaired) electrons. The summed E-state index contributed by atoms with van der Waals surface area (Å²) in [6.45, 7) is 2.91. The Balaban J connectivity index is 2.43. The highest BCUT2D eigenvalue weighted by atomic mass is 16.4. The molecule has 1 amide bonds. The van der Waals surface area contributed by atoms with Crippen molar-refractivity contribution in [3.05, 3.63) is 18.0 Å². The zero-order chi connectivity index (χ0) is 13.1. The Kier molecular flexibility index (Phi) is 3.88. The van der Waals surface area contributed by atoms with Crippen LogP contribution in [-0.2, 0) is 23.1 Å². The van der Waals surface area contributed by atoms with Crippen molar-refractivity contribution in [3.63, 3.8) is 0 Å². The van der Waals surface area contributed by atoms with Crippen molar-refractivity contribution < 1.29 is 14.7 Å². The molecule has 17 heavy (non-hydrogen) atoms. The minimum Gasteiger partial charge on any atom is -0.480 e. The Labute approximate surface area is 99.6 Å². The van der Waals surface area contributed by atoms with Crippen molar-refractivity contribution in [1.29, 1.82) is 0 Å². The van der Waals surface area contributed by atoms with Gasteiger partial charge in [-0.15, -0.1) is 0 Å². The average Bonchev–Trinajstić information content (AvgIpc) is 2.60. The van der Waals surface area contributed by atoms with Crippen molar-refractivity contribution in [2.75, 3.05) is 0 Å². The summed E-state index contributed by atoms with van der Waals surface area (Å²) in [5.41, 5.74) is -0.276. The van der Waals surface area contributed by atoms with Crippen molar-refractivity contribution in [2.24, 2.45) is 7.05 Å². The predicted octanol–water partition coefficient (Wildman–Crippen LogP) is 0.332. The van der Waals surface area contributed by atoms with Crippen molar-refractivity contribution in [2.45, 2.75) is 32.2 Å². The third kappa shape index (κ3) is 3.90. The Hall–Kier alpha value is -1.85. The minimum atomic E-state index is -1.23. The molecule has 0 fully saturated rings. The molecule has 0 unspecified atom stereocenters. The number of nitrogens with zero attached hydrogens (tertiary/aromatic N) is 2. The number of aliphatic carboxylic acids is 1. The van der Waals surface area contributed by atoms with Crippen LogP contribution in [0.3, 0.4) is 0 Å². The number of carboxylic acid groups (broad SMARTS) is 1. The Morgan fingerprint density at radius 1 is 1.53 bits per heavy atom. The lowest BCUT2D eigenvalue weighted by atomic mass is 10.1. The molecule has 0 saturated heterocycles. The molecule has 6 heteroatoms. The van der Waals surface area contributed by atoms with Gasteiger partial charge in [-0.25, -0.2) is 4.79 Å². The van der Waals surface area contributed by atoms with E-state index in [-0.39, 0.29) is 12.3 Å². The molecule has 0 aliphatic heterocycles. The van der Waals surface area contributed by atoms with Gasteiger partial charge in [0.1, 0.15) is 5.54 Å². The van der Waals surface area contributed by atoms with Crippen LogP contribution in [0, 0.1) is 0 Å². The largest absolute Gasteiger partial charge is 0.480 e. The first kappa shape index (κ1) is 13.2. The molecule has 0 spiro atoms. The smallest absolute Gasteiger partial charge is 0.328 e. The van der Waals surface area contributed by atoms with Crippen LogP contribution in [0.15, 0.2) is 12.4 Å². The molecule has 0 aliphatic rings. The second-order valence-corrected chi connectivity index (χ2v) is 4.50. The summed E-state index contributed by atoms with van der Waals surface area (Å²) in [6.07, 6.45) is 4.32. The van der Waals surface area contributed by atoms with Crippen LogP contribution in [0.5, 0.6) is 0 Å². The van der Waals surface area contributed by atoms with Crippen LogP contribution in [-0.4, -0.2) is 32.3 Å². The zero-order valence-corrected chi connectivity index (χ0v) is 10.2. The number of carbonyl (C=O) groups excluding carboxylic acids is 1. The standard InChI is InChI=1S/C11H17N3O3/c1-11(2,10(16)17)13-9(15)5-4-8-6-12-14(3)7-8/h6-7H,4-5H2,1-3H3,(H,13,15)(H,16,17). The molecule has 1 heterocycles. The van der Waals surface area contributed by atoms with Gasteiger partial charge in [0.05, 0.1) is 6.20 Å². The first-order valence-corrected chi connectivity index (χ1v) is 5.33. The van der Waals surface area contributed by atoms with Gasteiger partial charge in [-0.2, -0.15) is 5.10 Å². The van der Waals surface area contributed by atoms with Gasteiger partial charge in [-0.3, -0.25) is 9.48 Å². The highest BCUT2D eigenvalue weighted by Gasteiger charge is 2.28. The van der Waals surface area contributed by atoms with Gasteiger partial charge in [0, 0.05) is 19.7 Å². The van der Waals surface area contributed by atoms with Gasteiger partial charge >= 0.3 is 5.97 Å². The van der Waals surface area contributed by atoms with Gasteiger partial charge in [0.25, 0.3) is 0 Å². The van der Waals surface area contributed by atoms with Crippen LogP contribution in [0.1, 0.15) is 25.8 Å². The predicted molar refractivity (Wildman–Crippen MR) is 61.4 cm³/mol. The molecule has 6 nitrogen and oxygen atoms in total. The molecule has 0 bridgehead atoms. The highest BCUT2D eigenvalue weighted by Crippen LogP contribution is 2.05. The maximum Gasteiger partial charge on any atom is 0.328 e. The fraction of sp³-hybridized carbons (Fsp3) is 0.545. The van der Waals surface area contributed by atoms with Gasteiger partial charge in [-0.1, -0.05) is 0 Å². The Morgan fingerprint density at radius 2 is 2.18 bits per heavy atom. The number of aromatic nitrogens is 2. The van der Waals surface area contributed by atoms with E-state index in [1.165, 1.54) is 13.8 Å². The topological polar surface area (TPSA) is 84.2 Å². The molecule has 94 valence electrons. The lowest BCUT2D eigenvalue weighted by Crippen LogP contribution is -2.49. The lowest BCUT2D eigenvalue weighted by Gasteiger charge is -2.20. The lowest BCUT2D eigenvalue weighted by molar-refractivity contribution is -0.146. The molecule has 1 aromatic rings. The van der Waals surface area contributed by atoms with Gasteiger partial charge in [-0.05, 0) is 25.8 Å². The van der Waals surface area contributed by atoms with Crippen LogP contribution < -0.4 is 5.32 Å². The van der Waals surface area contributed by atoms with Crippen molar-refractivity contribution >= 4 is 11.9 Å². The summed E-state index contributed by atoms with van der Waals surface area (Å²) in [5, 5.41) is 15.3. The van der Waals surface area contributed by atoms with Gasteiger partial charge < -0.3 is 10.4 Å². The molecule has 1 rings (SSSR count). The molecular weight excluding hydrogens is 222 g/mol. The fourth-order valence-corrected chi connectivity index (χ4v) is 1.32. The number of nitrogens with one attached hydrogen (secondary N) is 1. The van der Waals surface area contributed by atoms with Gasteiger partial charge in [0.2, 0.25) is 5.91 Å². The summed E-state index contributed by atoms with van der Waals surface area (Å²) in [6, 6.07) is 0. The Morgan fingerprint density at radius 3 is 2.65 bits per heavy atom. The molecule has 2 N–H and O–H groups in total.